The molecule has 140 valence electrons. The topological polar surface area (TPSA) is 66.5 Å². The molecule has 0 aliphatic carbocycles. The average molecular weight is 417 g/mol. The molecule has 0 bridgehead atoms. The van der Waals surface area contributed by atoms with Crippen molar-refractivity contribution in [2.24, 2.45) is 0 Å². The van der Waals surface area contributed by atoms with Gasteiger partial charge in [0.1, 0.15) is 6.04 Å². The third-order valence-electron chi connectivity index (χ3n) is 4.02. The van der Waals surface area contributed by atoms with Gasteiger partial charge in [-0.15, -0.1) is 0 Å². The maximum absolute atomic E-state index is 13.7. The first-order valence-electron chi connectivity index (χ1n) is 7.44. The molecular weight excluding hydrogens is 408 g/mol. The molecule has 0 radical (unpaired) electrons. The van der Waals surface area contributed by atoms with Crippen molar-refractivity contribution in [3.63, 3.8) is 0 Å². The summed E-state index contributed by atoms with van der Waals surface area (Å²) in [4.78, 5) is 37.9. The summed E-state index contributed by atoms with van der Waals surface area (Å²) in [7, 11) is 0. The second kappa shape index (κ2) is 6.86. The Kier molecular flexibility index (Phi) is 4.88. The van der Waals surface area contributed by atoms with Gasteiger partial charge in [-0.1, -0.05) is 23.2 Å². The summed E-state index contributed by atoms with van der Waals surface area (Å²) < 4.78 is 40.0. The van der Waals surface area contributed by atoms with Gasteiger partial charge < -0.3 is 5.32 Å². The van der Waals surface area contributed by atoms with E-state index in [1.54, 1.807) is 0 Å². The van der Waals surface area contributed by atoms with Crippen LogP contribution in [0.4, 0.5) is 18.9 Å². The molecule has 1 aliphatic heterocycles. The monoisotopic (exact) mass is 416 g/mol. The van der Waals surface area contributed by atoms with Gasteiger partial charge in [-0.05, 0) is 31.2 Å². The number of benzene rings is 2. The Bertz CT molecular complexity index is 972. The smallest absolute Gasteiger partial charge is 0.262 e. The van der Waals surface area contributed by atoms with Crippen molar-refractivity contribution in [1.29, 1.82) is 0 Å². The van der Waals surface area contributed by atoms with E-state index in [1.807, 2.05) is 5.32 Å². The van der Waals surface area contributed by atoms with Crippen LogP contribution >= 0.6 is 23.2 Å². The minimum Gasteiger partial charge on any atom is -0.322 e. The molecule has 1 heterocycles. The number of nitrogens with zero attached hydrogens (tertiary/aromatic N) is 1. The molecule has 2 aromatic rings. The van der Waals surface area contributed by atoms with Crippen LogP contribution in [0.2, 0.25) is 10.0 Å². The maximum Gasteiger partial charge on any atom is 0.262 e. The van der Waals surface area contributed by atoms with Crippen LogP contribution in [-0.4, -0.2) is 28.7 Å². The van der Waals surface area contributed by atoms with Crippen LogP contribution in [0.15, 0.2) is 24.3 Å². The lowest BCUT2D eigenvalue weighted by Crippen LogP contribution is -2.45. The highest BCUT2D eigenvalue weighted by atomic mass is 35.5. The largest absolute Gasteiger partial charge is 0.322 e. The van der Waals surface area contributed by atoms with Crippen molar-refractivity contribution in [1.82, 2.24) is 4.90 Å². The normalized spacial score (nSPS) is 14.4. The number of carbonyl (C=O) groups is 3. The molecule has 0 saturated carbocycles. The van der Waals surface area contributed by atoms with E-state index in [0.29, 0.717) is 11.0 Å². The summed E-state index contributed by atoms with van der Waals surface area (Å²) in [5.41, 5.74) is -0.699. The average Bonchev–Trinajstić information content (AvgIpc) is 2.85. The summed E-state index contributed by atoms with van der Waals surface area (Å²) in [6.45, 7) is 1.22. The molecule has 0 saturated heterocycles. The predicted molar refractivity (Wildman–Crippen MR) is 91.4 cm³/mol. The zero-order valence-corrected chi connectivity index (χ0v) is 15.0. The van der Waals surface area contributed by atoms with Gasteiger partial charge in [0.25, 0.3) is 11.8 Å². The van der Waals surface area contributed by atoms with Crippen molar-refractivity contribution >= 4 is 46.6 Å². The standard InChI is InChI=1S/C17H9Cl2F3N2O3/c1-6(15(25)23-12-3-2-11(20)13(21)14(12)22)24-16(26)7-4-9(18)10(19)5-8(7)17(24)27/h2-6H,1H3,(H,23,25). The van der Waals surface area contributed by atoms with Crippen LogP contribution in [0.25, 0.3) is 0 Å². The van der Waals surface area contributed by atoms with Crippen molar-refractivity contribution in [3.8, 4) is 0 Å². The van der Waals surface area contributed by atoms with Gasteiger partial charge in [0.15, 0.2) is 17.5 Å². The number of rotatable bonds is 3. The van der Waals surface area contributed by atoms with E-state index < -0.39 is 46.9 Å². The van der Waals surface area contributed by atoms with Gasteiger partial charge in [0, 0.05) is 0 Å². The second-order valence-corrected chi connectivity index (χ2v) is 6.49. The molecular formula is C17H9Cl2F3N2O3. The Balaban J connectivity index is 1.87. The van der Waals surface area contributed by atoms with Crippen LogP contribution in [-0.2, 0) is 4.79 Å². The molecule has 0 fully saturated rings. The molecule has 27 heavy (non-hydrogen) atoms. The van der Waals surface area contributed by atoms with E-state index in [4.69, 9.17) is 23.2 Å². The molecule has 5 nitrogen and oxygen atoms in total. The van der Waals surface area contributed by atoms with Gasteiger partial charge in [-0.3, -0.25) is 19.3 Å². The number of carbonyl (C=O) groups excluding carboxylic acids is 3. The molecule has 1 unspecified atom stereocenters. The van der Waals surface area contributed by atoms with Crippen LogP contribution in [0.5, 0.6) is 0 Å². The Morgan fingerprint density at radius 2 is 1.52 bits per heavy atom. The molecule has 0 spiro atoms. The predicted octanol–water partition coefficient (Wildman–Crippen LogP) is 4.03. The fraction of sp³-hybridized carbons (Fsp3) is 0.118. The molecule has 3 rings (SSSR count). The highest BCUT2D eigenvalue weighted by Crippen LogP contribution is 2.32. The second-order valence-electron chi connectivity index (χ2n) is 5.68. The van der Waals surface area contributed by atoms with E-state index in [-0.39, 0.29) is 21.2 Å². The number of fused-ring (bicyclic) bond motifs is 1. The van der Waals surface area contributed by atoms with E-state index in [9.17, 15) is 27.6 Å². The molecule has 1 aliphatic rings. The zero-order chi connectivity index (χ0) is 20.0. The fourth-order valence-corrected chi connectivity index (χ4v) is 2.91. The summed E-state index contributed by atoms with van der Waals surface area (Å²) >= 11 is 11.7. The highest BCUT2D eigenvalue weighted by molar-refractivity contribution is 6.43. The highest BCUT2D eigenvalue weighted by Gasteiger charge is 2.41. The lowest BCUT2D eigenvalue weighted by molar-refractivity contribution is -0.119. The van der Waals surface area contributed by atoms with Crippen molar-refractivity contribution in [3.05, 3.63) is 62.9 Å². The number of amides is 3. The molecule has 1 N–H and O–H groups in total. The summed E-state index contributed by atoms with van der Waals surface area (Å²) in [5, 5.41) is 2.14. The molecule has 10 heteroatoms. The first-order valence-corrected chi connectivity index (χ1v) is 8.20. The molecule has 1 atom stereocenters. The quantitative estimate of drug-likeness (QED) is 0.606. The first-order chi connectivity index (χ1) is 12.6. The van der Waals surface area contributed by atoms with E-state index >= 15 is 0 Å². The third-order valence-corrected chi connectivity index (χ3v) is 4.74. The summed E-state index contributed by atoms with van der Waals surface area (Å²) in [6, 6.07) is 2.49. The van der Waals surface area contributed by atoms with E-state index in [2.05, 4.69) is 0 Å². The van der Waals surface area contributed by atoms with Crippen molar-refractivity contribution in [2.45, 2.75) is 13.0 Å². The lowest BCUT2D eigenvalue weighted by atomic mass is 10.1. The maximum atomic E-state index is 13.7. The van der Waals surface area contributed by atoms with Gasteiger partial charge in [0.05, 0.1) is 26.9 Å². The fourth-order valence-electron chi connectivity index (χ4n) is 2.58. The van der Waals surface area contributed by atoms with Gasteiger partial charge in [0.2, 0.25) is 5.91 Å². The Labute approximate surface area is 160 Å². The van der Waals surface area contributed by atoms with E-state index in [0.717, 1.165) is 6.07 Å². The Morgan fingerprint density at radius 3 is 2.04 bits per heavy atom. The van der Waals surface area contributed by atoms with E-state index in [1.165, 1.54) is 19.1 Å². The summed E-state index contributed by atoms with van der Waals surface area (Å²) in [5.74, 6) is -7.34. The number of anilines is 1. The number of imide groups is 1. The molecule has 0 aromatic heterocycles. The van der Waals surface area contributed by atoms with Crippen molar-refractivity contribution < 1.29 is 27.6 Å². The SMILES string of the molecule is CC(C(=O)Nc1ccc(F)c(F)c1F)N1C(=O)c2cc(Cl)c(Cl)cc2C1=O. The van der Waals surface area contributed by atoms with Crippen LogP contribution in [0.3, 0.4) is 0 Å². The first kappa shape index (κ1) is 19.2. The third kappa shape index (κ3) is 3.15. The minimum atomic E-state index is -1.76. The number of hydrogen-bond donors (Lipinski definition) is 1. The van der Waals surface area contributed by atoms with Gasteiger partial charge >= 0.3 is 0 Å². The Morgan fingerprint density at radius 1 is 1.00 bits per heavy atom. The molecule has 3 amide bonds. The van der Waals surface area contributed by atoms with Crippen LogP contribution in [0.1, 0.15) is 27.6 Å². The molecule has 2 aromatic carbocycles. The number of halogens is 5. The zero-order valence-electron chi connectivity index (χ0n) is 13.4. The van der Waals surface area contributed by atoms with Gasteiger partial charge in [-0.25, -0.2) is 13.2 Å². The minimum absolute atomic E-state index is 0.0342. The van der Waals surface area contributed by atoms with Crippen molar-refractivity contribution in [2.75, 3.05) is 5.32 Å². The van der Waals surface area contributed by atoms with Crippen LogP contribution < -0.4 is 5.32 Å². The number of hydrogen-bond acceptors (Lipinski definition) is 3. The lowest BCUT2D eigenvalue weighted by Gasteiger charge is -2.21. The van der Waals surface area contributed by atoms with Gasteiger partial charge in [-0.2, -0.15) is 0 Å². The number of nitrogens with one attached hydrogen (secondary N) is 1. The van der Waals surface area contributed by atoms with Crippen LogP contribution in [0, 0.1) is 17.5 Å². The Hall–Kier alpha value is -2.58. The summed E-state index contributed by atoms with van der Waals surface area (Å²) in [6.07, 6.45) is 0.